The molecule has 0 spiro atoms. The number of hydrogen-bond donors (Lipinski definition) is 1. The molecule has 0 amide bonds. The third-order valence-corrected chi connectivity index (χ3v) is 2.93. The molecule has 0 atom stereocenters. The quantitative estimate of drug-likeness (QED) is 0.672. The Kier molecular flexibility index (Phi) is 3.28. The number of rotatable bonds is 3. The molecule has 1 aromatic heterocycles. The fourth-order valence-electron chi connectivity index (χ4n) is 1.82. The van der Waals surface area contributed by atoms with Gasteiger partial charge in [-0.2, -0.15) is 0 Å². The average Bonchev–Trinajstić information content (AvgIpc) is 2.58. The van der Waals surface area contributed by atoms with Gasteiger partial charge in [0.2, 0.25) is 0 Å². The monoisotopic (exact) mass is 250 g/mol. The second-order valence-corrected chi connectivity index (χ2v) is 4.18. The van der Waals surface area contributed by atoms with Crippen LogP contribution < -0.4 is 0 Å². The van der Waals surface area contributed by atoms with E-state index in [2.05, 4.69) is 4.98 Å². The summed E-state index contributed by atoms with van der Waals surface area (Å²) < 4.78 is 7.23. The molecule has 0 bridgehead atoms. The number of fused-ring (bicyclic) bond motifs is 1. The lowest BCUT2D eigenvalue weighted by molar-refractivity contribution is -0.143. The number of carbonyl (C=O) groups excluding carboxylic acids is 1. The third-order valence-electron chi connectivity index (χ3n) is 2.61. The zero-order valence-corrected chi connectivity index (χ0v) is 10.6. The number of para-hydroxylation sites is 1. The van der Waals surface area contributed by atoms with Crippen LogP contribution in [0.25, 0.3) is 11.0 Å². The molecule has 0 unspecified atom stereocenters. The van der Waals surface area contributed by atoms with E-state index in [1.807, 2.05) is 25.1 Å². The summed E-state index contributed by atoms with van der Waals surface area (Å²) >= 11 is 5.21. The number of aromatic nitrogens is 2. The van der Waals surface area contributed by atoms with Crippen molar-refractivity contribution in [1.29, 1.82) is 0 Å². The molecule has 1 heterocycles. The van der Waals surface area contributed by atoms with Crippen molar-refractivity contribution < 1.29 is 9.53 Å². The molecular formula is C12H14N2O2S. The predicted octanol–water partition coefficient (Wildman–Crippen LogP) is 2.57. The Morgan fingerprint density at radius 2 is 2.29 bits per heavy atom. The number of aromatic amines is 1. The van der Waals surface area contributed by atoms with Gasteiger partial charge in [0.05, 0.1) is 17.6 Å². The molecule has 2 rings (SSSR count). The lowest BCUT2D eigenvalue weighted by Gasteiger charge is -2.04. The molecule has 0 saturated carbocycles. The Balaban J connectivity index is 2.47. The molecule has 0 aliphatic heterocycles. The maximum Gasteiger partial charge on any atom is 0.326 e. The fourth-order valence-corrected chi connectivity index (χ4v) is 2.08. The topological polar surface area (TPSA) is 47.0 Å². The number of hydrogen-bond acceptors (Lipinski definition) is 3. The first-order valence-electron chi connectivity index (χ1n) is 5.47. The minimum Gasteiger partial charge on any atom is -0.465 e. The first kappa shape index (κ1) is 11.9. The van der Waals surface area contributed by atoms with E-state index < -0.39 is 0 Å². The van der Waals surface area contributed by atoms with E-state index in [-0.39, 0.29) is 12.5 Å². The van der Waals surface area contributed by atoms with Crippen LogP contribution in [-0.2, 0) is 16.1 Å². The van der Waals surface area contributed by atoms with Crippen LogP contribution in [0.1, 0.15) is 12.5 Å². The summed E-state index contributed by atoms with van der Waals surface area (Å²) in [5.41, 5.74) is 3.01. The summed E-state index contributed by atoms with van der Waals surface area (Å²) in [7, 11) is 0. The zero-order chi connectivity index (χ0) is 12.4. The van der Waals surface area contributed by atoms with Crippen LogP contribution in [-0.4, -0.2) is 22.1 Å². The van der Waals surface area contributed by atoms with Gasteiger partial charge in [0.15, 0.2) is 4.77 Å². The molecule has 1 N–H and O–H groups in total. The molecule has 0 saturated heterocycles. The predicted molar refractivity (Wildman–Crippen MR) is 68.5 cm³/mol. The van der Waals surface area contributed by atoms with Crippen LogP contribution in [0, 0.1) is 11.7 Å². The fraction of sp³-hybridized carbons (Fsp3) is 0.333. The van der Waals surface area contributed by atoms with Crippen LogP contribution in [0.15, 0.2) is 18.2 Å². The number of imidazole rings is 1. The van der Waals surface area contributed by atoms with E-state index in [1.54, 1.807) is 11.5 Å². The first-order valence-corrected chi connectivity index (χ1v) is 5.88. The largest absolute Gasteiger partial charge is 0.465 e. The van der Waals surface area contributed by atoms with Gasteiger partial charge in [0.1, 0.15) is 6.54 Å². The molecular weight excluding hydrogens is 236 g/mol. The molecule has 0 fully saturated rings. The summed E-state index contributed by atoms with van der Waals surface area (Å²) in [4.78, 5) is 14.6. The van der Waals surface area contributed by atoms with Gasteiger partial charge in [-0.05, 0) is 37.7 Å². The van der Waals surface area contributed by atoms with Crippen LogP contribution in [0.2, 0.25) is 0 Å². The Hall–Kier alpha value is -1.62. The molecule has 0 radical (unpaired) electrons. The zero-order valence-electron chi connectivity index (χ0n) is 9.82. The lowest BCUT2D eigenvalue weighted by Crippen LogP contribution is -2.13. The number of ether oxygens (including phenoxy) is 1. The summed E-state index contributed by atoms with van der Waals surface area (Å²) in [5.74, 6) is -0.272. The van der Waals surface area contributed by atoms with Crippen LogP contribution >= 0.6 is 12.2 Å². The molecule has 1 aromatic carbocycles. The number of aryl methyl sites for hydroxylation is 1. The van der Waals surface area contributed by atoms with Gasteiger partial charge in [-0.1, -0.05) is 12.1 Å². The molecule has 0 aliphatic carbocycles. The van der Waals surface area contributed by atoms with Crippen molar-refractivity contribution in [3.05, 3.63) is 28.5 Å². The highest BCUT2D eigenvalue weighted by Crippen LogP contribution is 2.17. The van der Waals surface area contributed by atoms with Crippen molar-refractivity contribution in [2.75, 3.05) is 6.61 Å². The van der Waals surface area contributed by atoms with Crippen molar-refractivity contribution in [3.8, 4) is 0 Å². The van der Waals surface area contributed by atoms with Crippen molar-refractivity contribution in [2.45, 2.75) is 20.4 Å². The van der Waals surface area contributed by atoms with E-state index in [1.165, 1.54) is 0 Å². The van der Waals surface area contributed by atoms with E-state index >= 15 is 0 Å². The van der Waals surface area contributed by atoms with Gasteiger partial charge in [-0.15, -0.1) is 0 Å². The van der Waals surface area contributed by atoms with Gasteiger partial charge in [-0.25, -0.2) is 0 Å². The Morgan fingerprint density at radius 1 is 1.53 bits per heavy atom. The summed E-state index contributed by atoms with van der Waals surface area (Å²) in [6.45, 7) is 4.32. The van der Waals surface area contributed by atoms with Crippen LogP contribution in [0.4, 0.5) is 0 Å². The highest BCUT2D eigenvalue weighted by molar-refractivity contribution is 7.71. The molecule has 2 aromatic rings. The maximum absolute atomic E-state index is 11.5. The highest BCUT2D eigenvalue weighted by Gasteiger charge is 2.10. The molecule has 90 valence electrons. The van der Waals surface area contributed by atoms with Crippen LogP contribution in [0.3, 0.4) is 0 Å². The van der Waals surface area contributed by atoms with Crippen molar-refractivity contribution in [2.24, 2.45) is 0 Å². The Labute approximate surface area is 104 Å². The van der Waals surface area contributed by atoms with E-state index in [4.69, 9.17) is 17.0 Å². The van der Waals surface area contributed by atoms with E-state index in [9.17, 15) is 4.79 Å². The van der Waals surface area contributed by atoms with Gasteiger partial charge in [0, 0.05) is 0 Å². The number of nitrogens with one attached hydrogen (secondary N) is 1. The lowest BCUT2D eigenvalue weighted by atomic mass is 10.2. The smallest absolute Gasteiger partial charge is 0.326 e. The van der Waals surface area contributed by atoms with Crippen LogP contribution in [0.5, 0.6) is 0 Å². The molecule has 4 nitrogen and oxygen atoms in total. The average molecular weight is 250 g/mol. The number of carbonyl (C=O) groups is 1. The second kappa shape index (κ2) is 4.71. The molecule has 5 heteroatoms. The third kappa shape index (κ3) is 2.24. The van der Waals surface area contributed by atoms with Crippen molar-refractivity contribution >= 4 is 29.2 Å². The molecule has 17 heavy (non-hydrogen) atoms. The second-order valence-electron chi connectivity index (χ2n) is 3.79. The van der Waals surface area contributed by atoms with E-state index in [0.717, 1.165) is 16.6 Å². The number of esters is 1. The molecule has 0 aliphatic rings. The van der Waals surface area contributed by atoms with Gasteiger partial charge in [-0.3, -0.25) is 4.79 Å². The highest BCUT2D eigenvalue weighted by atomic mass is 32.1. The minimum atomic E-state index is -0.272. The van der Waals surface area contributed by atoms with E-state index in [0.29, 0.717) is 11.4 Å². The minimum absolute atomic E-state index is 0.149. The summed E-state index contributed by atoms with van der Waals surface area (Å²) in [6, 6.07) is 5.89. The summed E-state index contributed by atoms with van der Waals surface area (Å²) in [5, 5.41) is 0. The van der Waals surface area contributed by atoms with Gasteiger partial charge >= 0.3 is 5.97 Å². The van der Waals surface area contributed by atoms with Gasteiger partial charge in [0.25, 0.3) is 0 Å². The number of benzene rings is 1. The summed E-state index contributed by atoms with van der Waals surface area (Å²) in [6.07, 6.45) is 0. The van der Waals surface area contributed by atoms with Gasteiger partial charge < -0.3 is 14.3 Å². The number of H-pyrrole nitrogens is 1. The number of nitrogens with zero attached hydrogens (tertiary/aromatic N) is 1. The van der Waals surface area contributed by atoms with Crippen molar-refractivity contribution in [1.82, 2.24) is 9.55 Å². The Bertz CT molecular complexity index is 612. The Morgan fingerprint density at radius 3 is 3.00 bits per heavy atom. The first-order chi connectivity index (χ1) is 8.13. The van der Waals surface area contributed by atoms with Crippen molar-refractivity contribution in [3.63, 3.8) is 0 Å². The SMILES string of the molecule is CCOC(=O)Cn1c(=S)[nH]c2c(C)cccc21. The standard InChI is InChI=1S/C12H14N2O2S/c1-3-16-10(15)7-14-9-6-4-5-8(2)11(9)13-12(14)17/h4-6H,3,7H2,1-2H3,(H,13,17). The normalized spacial score (nSPS) is 10.7. The maximum atomic E-state index is 11.5.